The first-order chi connectivity index (χ1) is 9.66. The zero-order valence-electron chi connectivity index (χ0n) is 13.3. The number of benzene rings is 1. The highest BCUT2D eigenvalue weighted by atomic mass is 15.2. The van der Waals surface area contributed by atoms with Gasteiger partial charge in [-0.25, -0.2) is 0 Å². The van der Waals surface area contributed by atoms with Crippen molar-refractivity contribution in [2.45, 2.75) is 64.6 Å². The first-order valence-corrected chi connectivity index (χ1v) is 8.20. The molecule has 0 radical (unpaired) electrons. The van der Waals surface area contributed by atoms with Crippen LogP contribution in [0.25, 0.3) is 0 Å². The van der Waals surface area contributed by atoms with Crippen LogP contribution in [0.1, 0.15) is 45.6 Å². The summed E-state index contributed by atoms with van der Waals surface area (Å²) in [6.45, 7) is 9.45. The predicted octanol–water partition coefficient (Wildman–Crippen LogP) is 3.47. The van der Waals surface area contributed by atoms with Gasteiger partial charge in [0.15, 0.2) is 0 Å². The predicted molar refractivity (Wildman–Crippen MR) is 87.1 cm³/mol. The second kappa shape index (κ2) is 7.80. The monoisotopic (exact) mass is 274 g/mol. The molecule has 1 aliphatic rings. The molecule has 2 atom stereocenters. The molecule has 20 heavy (non-hydrogen) atoms. The van der Waals surface area contributed by atoms with E-state index < -0.39 is 0 Å². The van der Waals surface area contributed by atoms with Gasteiger partial charge in [-0.15, -0.1) is 0 Å². The van der Waals surface area contributed by atoms with Crippen molar-refractivity contribution < 1.29 is 0 Å². The van der Waals surface area contributed by atoms with Crippen LogP contribution in [0.4, 0.5) is 0 Å². The first kappa shape index (κ1) is 15.5. The normalized spacial score (nSPS) is 20.8. The van der Waals surface area contributed by atoms with Crippen molar-refractivity contribution in [2.75, 3.05) is 13.1 Å². The molecule has 1 heterocycles. The van der Waals surface area contributed by atoms with E-state index in [4.69, 9.17) is 0 Å². The number of nitrogens with zero attached hydrogens (tertiary/aromatic N) is 1. The van der Waals surface area contributed by atoms with Crippen molar-refractivity contribution in [2.24, 2.45) is 0 Å². The van der Waals surface area contributed by atoms with Gasteiger partial charge in [0.05, 0.1) is 0 Å². The molecule has 2 heteroatoms. The lowest BCUT2D eigenvalue weighted by Crippen LogP contribution is -2.46. The molecule has 0 bridgehead atoms. The van der Waals surface area contributed by atoms with E-state index in [0.717, 1.165) is 0 Å². The maximum atomic E-state index is 3.63. The molecule has 1 N–H and O–H groups in total. The Morgan fingerprint density at radius 2 is 1.95 bits per heavy atom. The standard InChI is InChI=1S/C18H30N2/c1-15(2)20(14-18-10-7-13-19-18)16(3)11-12-17-8-5-4-6-9-17/h4-6,8-9,15-16,18-19H,7,10-14H2,1-3H3. The minimum absolute atomic E-state index is 0.628. The number of hydrogen-bond donors (Lipinski definition) is 1. The fourth-order valence-electron chi connectivity index (χ4n) is 3.25. The topological polar surface area (TPSA) is 15.3 Å². The number of nitrogens with one attached hydrogen (secondary N) is 1. The van der Waals surface area contributed by atoms with Crippen LogP contribution in [0.5, 0.6) is 0 Å². The third-order valence-corrected chi connectivity index (χ3v) is 4.52. The Balaban J connectivity index is 1.84. The molecule has 2 unspecified atom stereocenters. The van der Waals surface area contributed by atoms with Crippen LogP contribution in [0.2, 0.25) is 0 Å². The van der Waals surface area contributed by atoms with Gasteiger partial charge in [0, 0.05) is 24.7 Å². The maximum absolute atomic E-state index is 3.63. The summed E-state index contributed by atoms with van der Waals surface area (Å²) >= 11 is 0. The van der Waals surface area contributed by atoms with Crippen LogP contribution in [-0.4, -0.2) is 36.1 Å². The van der Waals surface area contributed by atoms with Gasteiger partial charge < -0.3 is 5.32 Å². The van der Waals surface area contributed by atoms with E-state index in [-0.39, 0.29) is 0 Å². The van der Waals surface area contributed by atoms with Crippen LogP contribution >= 0.6 is 0 Å². The third kappa shape index (κ3) is 4.60. The maximum Gasteiger partial charge on any atom is 0.0195 e. The van der Waals surface area contributed by atoms with E-state index in [1.54, 1.807) is 0 Å². The van der Waals surface area contributed by atoms with E-state index in [1.807, 2.05) is 0 Å². The third-order valence-electron chi connectivity index (χ3n) is 4.52. The van der Waals surface area contributed by atoms with Crippen LogP contribution < -0.4 is 5.32 Å². The highest BCUT2D eigenvalue weighted by Crippen LogP contribution is 2.16. The summed E-state index contributed by atoms with van der Waals surface area (Å²) < 4.78 is 0. The number of rotatable bonds is 7. The van der Waals surface area contributed by atoms with Crippen molar-refractivity contribution in [1.82, 2.24) is 10.2 Å². The van der Waals surface area contributed by atoms with Gasteiger partial charge in [-0.05, 0) is 58.6 Å². The van der Waals surface area contributed by atoms with E-state index >= 15 is 0 Å². The Kier molecular flexibility index (Phi) is 6.06. The smallest absolute Gasteiger partial charge is 0.0195 e. The molecule has 0 aromatic heterocycles. The molecular formula is C18H30N2. The Morgan fingerprint density at radius 3 is 2.55 bits per heavy atom. The Hall–Kier alpha value is -0.860. The van der Waals surface area contributed by atoms with Crippen molar-refractivity contribution in [3.05, 3.63) is 35.9 Å². The van der Waals surface area contributed by atoms with Crippen LogP contribution in [0.15, 0.2) is 30.3 Å². The molecule has 1 aliphatic heterocycles. The molecule has 0 amide bonds. The lowest BCUT2D eigenvalue weighted by molar-refractivity contribution is 0.143. The number of hydrogen-bond acceptors (Lipinski definition) is 2. The van der Waals surface area contributed by atoms with Gasteiger partial charge in [0.25, 0.3) is 0 Å². The van der Waals surface area contributed by atoms with E-state index in [0.29, 0.717) is 18.1 Å². The second-order valence-corrected chi connectivity index (χ2v) is 6.46. The highest BCUT2D eigenvalue weighted by Gasteiger charge is 2.23. The summed E-state index contributed by atoms with van der Waals surface area (Å²) in [5.41, 5.74) is 1.46. The largest absolute Gasteiger partial charge is 0.313 e. The minimum Gasteiger partial charge on any atom is -0.313 e. The first-order valence-electron chi connectivity index (χ1n) is 8.20. The van der Waals surface area contributed by atoms with E-state index in [9.17, 15) is 0 Å². The molecule has 0 spiro atoms. The average Bonchev–Trinajstić information content (AvgIpc) is 2.96. The van der Waals surface area contributed by atoms with E-state index in [1.165, 1.54) is 44.3 Å². The highest BCUT2D eigenvalue weighted by molar-refractivity contribution is 5.14. The van der Waals surface area contributed by atoms with Gasteiger partial charge in [-0.2, -0.15) is 0 Å². The Morgan fingerprint density at radius 1 is 1.20 bits per heavy atom. The molecule has 1 aromatic carbocycles. The van der Waals surface area contributed by atoms with Gasteiger partial charge in [0.1, 0.15) is 0 Å². The minimum atomic E-state index is 0.628. The van der Waals surface area contributed by atoms with Crippen molar-refractivity contribution in [3.63, 3.8) is 0 Å². The Bertz CT molecular complexity index is 368. The molecule has 2 nitrogen and oxygen atoms in total. The van der Waals surface area contributed by atoms with Crippen LogP contribution in [0, 0.1) is 0 Å². The molecule has 112 valence electrons. The molecule has 0 aliphatic carbocycles. The quantitative estimate of drug-likeness (QED) is 0.819. The fourth-order valence-corrected chi connectivity index (χ4v) is 3.25. The van der Waals surface area contributed by atoms with Gasteiger partial charge in [0.2, 0.25) is 0 Å². The zero-order chi connectivity index (χ0) is 14.4. The zero-order valence-corrected chi connectivity index (χ0v) is 13.3. The molecule has 2 rings (SSSR count). The molecule has 1 aromatic rings. The summed E-state index contributed by atoms with van der Waals surface area (Å²) in [4.78, 5) is 2.67. The van der Waals surface area contributed by atoms with Gasteiger partial charge in [-0.1, -0.05) is 30.3 Å². The van der Waals surface area contributed by atoms with Crippen LogP contribution in [-0.2, 0) is 6.42 Å². The summed E-state index contributed by atoms with van der Waals surface area (Å²) in [7, 11) is 0. The SMILES string of the molecule is CC(C)N(CC1CCCN1)C(C)CCc1ccccc1. The Labute approximate surface area is 124 Å². The second-order valence-electron chi connectivity index (χ2n) is 6.46. The average molecular weight is 274 g/mol. The summed E-state index contributed by atoms with van der Waals surface area (Å²) in [6, 6.07) is 12.8. The molecular weight excluding hydrogens is 244 g/mol. The van der Waals surface area contributed by atoms with Crippen molar-refractivity contribution >= 4 is 0 Å². The lowest BCUT2D eigenvalue weighted by atomic mass is 10.0. The molecule has 1 saturated heterocycles. The number of aryl methyl sites for hydroxylation is 1. The molecule has 1 fully saturated rings. The summed E-state index contributed by atoms with van der Waals surface area (Å²) in [5.74, 6) is 0. The molecule has 0 saturated carbocycles. The van der Waals surface area contributed by atoms with Crippen LogP contribution in [0.3, 0.4) is 0 Å². The summed E-state index contributed by atoms with van der Waals surface area (Å²) in [5, 5.41) is 3.63. The summed E-state index contributed by atoms with van der Waals surface area (Å²) in [6.07, 6.45) is 5.11. The van der Waals surface area contributed by atoms with Gasteiger partial charge >= 0.3 is 0 Å². The fraction of sp³-hybridized carbons (Fsp3) is 0.667. The lowest BCUT2D eigenvalue weighted by Gasteiger charge is -2.35. The van der Waals surface area contributed by atoms with Gasteiger partial charge in [-0.3, -0.25) is 4.90 Å². The van der Waals surface area contributed by atoms with E-state index in [2.05, 4.69) is 61.3 Å². The van der Waals surface area contributed by atoms with Crippen molar-refractivity contribution in [3.8, 4) is 0 Å². The van der Waals surface area contributed by atoms with Crippen molar-refractivity contribution in [1.29, 1.82) is 0 Å².